The van der Waals surface area contributed by atoms with E-state index in [4.69, 9.17) is 20.9 Å². The summed E-state index contributed by atoms with van der Waals surface area (Å²) in [6.07, 6.45) is 1.55. The van der Waals surface area contributed by atoms with E-state index in [0.717, 1.165) is 28.9 Å². The standard InChI is InChI=1S/C21H25O3.N3.W/c1-4-21(2,3)15-24-19-12-10-18(11-13-19)17-8-5-16(6-9-17)7-14-20(22)23;1-3-2;/h5-6,8-13H,1,4,7,14-15H2,2-3H3,(H,22,23);;/q2*-1;+2. The maximum absolute atomic E-state index is 10.6. The van der Waals surface area contributed by atoms with Crippen LogP contribution in [0.3, 0.4) is 0 Å². The molecule has 0 atom stereocenters. The molecule has 0 aliphatic heterocycles. The molecular formula is C21H25N3O3W. The largest absolute Gasteiger partial charge is 2.00 e. The summed E-state index contributed by atoms with van der Waals surface area (Å²) in [6, 6.07) is 16.1. The summed E-state index contributed by atoms with van der Waals surface area (Å²) >= 11 is 0. The van der Waals surface area contributed by atoms with Crippen molar-refractivity contribution in [2.75, 3.05) is 6.61 Å². The zero-order chi connectivity index (χ0) is 20.3. The van der Waals surface area contributed by atoms with E-state index in [1.54, 1.807) is 0 Å². The molecular weight excluding hydrogens is 526 g/mol. The van der Waals surface area contributed by atoms with Crippen molar-refractivity contribution in [1.82, 2.24) is 0 Å². The van der Waals surface area contributed by atoms with Crippen LogP contribution in [0.4, 0.5) is 0 Å². The number of ether oxygens (including phenoxy) is 1. The number of nitrogens with zero attached hydrogens (tertiary/aromatic N) is 3. The average Bonchev–Trinajstić information content (AvgIpc) is 2.66. The van der Waals surface area contributed by atoms with Gasteiger partial charge in [0.05, 0.1) is 6.61 Å². The van der Waals surface area contributed by atoms with Gasteiger partial charge in [0.25, 0.3) is 0 Å². The molecule has 2 aromatic rings. The number of aryl methyl sites for hydroxylation is 1. The fourth-order valence-electron chi connectivity index (χ4n) is 2.21. The molecule has 0 saturated carbocycles. The minimum atomic E-state index is -0.767. The quantitative estimate of drug-likeness (QED) is 0.192. The van der Waals surface area contributed by atoms with E-state index in [0.29, 0.717) is 13.0 Å². The summed E-state index contributed by atoms with van der Waals surface area (Å²) in [5, 5.41) is 8.73. The Balaban J connectivity index is 0.00000171. The summed E-state index contributed by atoms with van der Waals surface area (Å²) < 4.78 is 5.83. The van der Waals surface area contributed by atoms with Crippen molar-refractivity contribution >= 4 is 5.97 Å². The van der Waals surface area contributed by atoms with Crippen LogP contribution in [-0.2, 0) is 32.3 Å². The van der Waals surface area contributed by atoms with E-state index >= 15 is 0 Å². The molecule has 0 radical (unpaired) electrons. The average molecular weight is 551 g/mol. The molecule has 0 spiro atoms. The Morgan fingerprint density at radius 2 is 1.54 bits per heavy atom. The third-order valence-electron chi connectivity index (χ3n) is 4.08. The minimum Gasteiger partial charge on any atom is -0.493 e. The van der Waals surface area contributed by atoms with Crippen molar-refractivity contribution in [1.29, 1.82) is 0 Å². The molecule has 0 unspecified atom stereocenters. The van der Waals surface area contributed by atoms with Crippen molar-refractivity contribution in [3.8, 4) is 16.9 Å². The van der Waals surface area contributed by atoms with Gasteiger partial charge in [-0.1, -0.05) is 50.2 Å². The Bertz CT molecular complexity index is 753. The van der Waals surface area contributed by atoms with Crippen LogP contribution in [0.5, 0.6) is 5.75 Å². The Labute approximate surface area is 180 Å². The summed E-state index contributed by atoms with van der Waals surface area (Å²) in [6.45, 7) is 8.87. The van der Waals surface area contributed by atoms with E-state index in [9.17, 15) is 4.79 Å². The van der Waals surface area contributed by atoms with Gasteiger partial charge in [-0.25, -0.2) is 0 Å². The molecule has 2 rings (SSSR count). The maximum Gasteiger partial charge on any atom is 2.00 e. The first kappa shape index (κ1) is 25.7. The molecule has 1 N–H and O–H groups in total. The number of hydrogen-bond acceptors (Lipinski definition) is 2. The van der Waals surface area contributed by atoms with Crippen molar-refractivity contribution in [3.63, 3.8) is 0 Å². The monoisotopic (exact) mass is 551 g/mol. The van der Waals surface area contributed by atoms with Gasteiger partial charge in [-0.05, 0) is 40.7 Å². The van der Waals surface area contributed by atoms with Crippen molar-refractivity contribution in [3.05, 3.63) is 77.0 Å². The first-order valence-corrected chi connectivity index (χ1v) is 8.63. The first-order chi connectivity index (χ1) is 12.8. The SMILES string of the molecule is [CH2-]CC(C)(C)COc1ccc(-c2ccc(CCC(=O)O)cc2)cc1.[N-]=[N+]=[N-].[W+2]. The van der Waals surface area contributed by atoms with Crippen LogP contribution in [0.1, 0.15) is 32.3 Å². The number of carbonyl (C=O) groups is 1. The molecule has 0 heterocycles. The number of benzene rings is 2. The number of carboxylic acid groups (broad SMARTS) is 1. The number of hydrogen-bond donors (Lipinski definition) is 1. The van der Waals surface area contributed by atoms with Gasteiger partial charge in [-0.15, -0.1) is 0 Å². The molecule has 0 amide bonds. The normalized spacial score (nSPS) is 9.96. The van der Waals surface area contributed by atoms with E-state index in [1.807, 2.05) is 48.5 Å². The van der Waals surface area contributed by atoms with E-state index < -0.39 is 5.97 Å². The molecule has 0 fully saturated rings. The van der Waals surface area contributed by atoms with Crippen molar-refractivity contribution < 1.29 is 35.7 Å². The second-order valence-electron chi connectivity index (χ2n) is 6.91. The van der Waals surface area contributed by atoms with E-state index in [1.165, 1.54) is 4.91 Å². The van der Waals surface area contributed by atoms with Crippen LogP contribution in [-0.4, -0.2) is 17.7 Å². The Hall–Kier alpha value is -2.29. The molecule has 0 aliphatic rings. The molecule has 7 heteroatoms. The molecule has 148 valence electrons. The third-order valence-corrected chi connectivity index (χ3v) is 4.08. The molecule has 2 aromatic carbocycles. The van der Waals surface area contributed by atoms with Crippen LogP contribution in [0.15, 0.2) is 48.5 Å². The zero-order valence-electron chi connectivity index (χ0n) is 16.2. The Morgan fingerprint density at radius 3 is 1.96 bits per heavy atom. The molecule has 6 nitrogen and oxygen atoms in total. The van der Waals surface area contributed by atoms with Crippen LogP contribution >= 0.6 is 0 Å². The second-order valence-corrected chi connectivity index (χ2v) is 6.91. The van der Waals surface area contributed by atoms with Crippen molar-refractivity contribution in [2.45, 2.75) is 33.1 Å². The van der Waals surface area contributed by atoms with Gasteiger partial charge in [-0.3, -0.25) is 9.71 Å². The maximum atomic E-state index is 10.6. The number of rotatable bonds is 8. The molecule has 0 bridgehead atoms. The number of aliphatic carboxylic acids is 1. The fraction of sp³-hybridized carbons (Fsp3) is 0.333. The molecule has 28 heavy (non-hydrogen) atoms. The minimum absolute atomic E-state index is 0. The summed E-state index contributed by atoms with van der Waals surface area (Å²) in [5.74, 6) is 0.0926. The van der Waals surface area contributed by atoms with Gasteiger partial charge >= 0.3 is 27.0 Å². The van der Waals surface area contributed by atoms with Crippen LogP contribution in [0.2, 0.25) is 0 Å². The van der Waals surface area contributed by atoms with E-state index in [2.05, 4.69) is 20.8 Å². The van der Waals surface area contributed by atoms with Gasteiger partial charge < -0.3 is 27.8 Å². The summed E-state index contributed by atoms with van der Waals surface area (Å²) in [7, 11) is 0. The smallest absolute Gasteiger partial charge is 0.493 e. The topological polar surface area (TPSA) is 105 Å². The molecule has 0 aliphatic carbocycles. The van der Waals surface area contributed by atoms with Gasteiger partial charge in [0.15, 0.2) is 0 Å². The Kier molecular flexibility index (Phi) is 11.9. The fourth-order valence-corrected chi connectivity index (χ4v) is 2.21. The Morgan fingerprint density at radius 1 is 1.07 bits per heavy atom. The predicted octanol–water partition coefficient (Wildman–Crippen LogP) is 5.86. The van der Waals surface area contributed by atoms with Gasteiger partial charge in [-0.2, -0.15) is 6.42 Å². The van der Waals surface area contributed by atoms with Gasteiger partial charge in [0.1, 0.15) is 5.75 Å². The third kappa shape index (κ3) is 9.59. The molecule has 0 aromatic heterocycles. The summed E-state index contributed by atoms with van der Waals surface area (Å²) in [5.41, 5.74) is 16.8. The van der Waals surface area contributed by atoms with Crippen molar-refractivity contribution in [2.24, 2.45) is 5.41 Å². The predicted molar refractivity (Wildman–Crippen MR) is 107 cm³/mol. The van der Waals surface area contributed by atoms with Crippen LogP contribution in [0, 0.1) is 12.3 Å². The summed E-state index contributed by atoms with van der Waals surface area (Å²) in [4.78, 5) is 12.1. The second kappa shape index (κ2) is 13.0. The number of carboxylic acids is 1. The van der Waals surface area contributed by atoms with E-state index in [-0.39, 0.29) is 32.9 Å². The van der Waals surface area contributed by atoms with Gasteiger partial charge in [0.2, 0.25) is 0 Å². The van der Waals surface area contributed by atoms with Crippen LogP contribution < -0.4 is 4.74 Å². The van der Waals surface area contributed by atoms with Crippen LogP contribution in [0.25, 0.3) is 27.1 Å². The first-order valence-electron chi connectivity index (χ1n) is 8.63. The van der Waals surface area contributed by atoms with Gasteiger partial charge in [0, 0.05) is 6.42 Å². The zero-order valence-corrected chi connectivity index (χ0v) is 19.1. The molecule has 0 saturated heterocycles.